The van der Waals surface area contributed by atoms with Crippen LogP contribution < -0.4 is 5.43 Å². The van der Waals surface area contributed by atoms with Crippen molar-refractivity contribution in [3.8, 4) is 0 Å². The molecule has 3 fully saturated rings. The van der Waals surface area contributed by atoms with Gasteiger partial charge in [-0.3, -0.25) is 19.8 Å². The molecule has 1 heterocycles. The molecule has 146 valence electrons. The van der Waals surface area contributed by atoms with Crippen molar-refractivity contribution < 1.29 is 27.6 Å². The normalized spacial score (nSPS) is 35.0. The third kappa shape index (κ3) is 2.50. The zero-order chi connectivity index (χ0) is 19.8. The van der Waals surface area contributed by atoms with Gasteiger partial charge in [-0.1, -0.05) is 24.3 Å². The first kappa shape index (κ1) is 17.5. The summed E-state index contributed by atoms with van der Waals surface area (Å²) in [4.78, 5) is 37.9. The van der Waals surface area contributed by atoms with Crippen LogP contribution in [0.15, 0.2) is 36.4 Å². The predicted octanol–water partition coefficient (Wildman–Crippen LogP) is 2.33. The van der Waals surface area contributed by atoms with Crippen molar-refractivity contribution in [3.63, 3.8) is 0 Å². The molecule has 1 N–H and O–H groups in total. The smallest absolute Gasteiger partial charge is 0.273 e. The summed E-state index contributed by atoms with van der Waals surface area (Å²) in [6.07, 6.45) is 0.466. The van der Waals surface area contributed by atoms with Gasteiger partial charge in [-0.2, -0.15) is 18.2 Å². The summed E-state index contributed by atoms with van der Waals surface area (Å²) >= 11 is 0. The highest BCUT2D eigenvalue weighted by Gasteiger charge is 2.67. The topological polar surface area (TPSA) is 66.5 Å². The molecule has 6 rings (SSSR count). The summed E-state index contributed by atoms with van der Waals surface area (Å²) in [5, 5.41) is 0.833. The van der Waals surface area contributed by atoms with Gasteiger partial charge in [0, 0.05) is 0 Å². The van der Waals surface area contributed by atoms with Crippen molar-refractivity contribution in [2.75, 3.05) is 0 Å². The molecule has 2 bridgehead atoms. The van der Waals surface area contributed by atoms with Crippen molar-refractivity contribution in [2.45, 2.75) is 19.0 Å². The number of halogens is 3. The van der Waals surface area contributed by atoms with Crippen molar-refractivity contribution in [1.82, 2.24) is 10.4 Å². The van der Waals surface area contributed by atoms with Gasteiger partial charge in [-0.25, -0.2) is 0 Å². The maximum atomic E-state index is 12.8. The summed E-state index contributed by atoms with van der Waals surface area (Å²) in [5.74, 6) is -1.10. The van der Waals surface area contributed by atoms with E-state index >= 15 is 0 Å². The van der Waals surface area contributed by atoms with E-state index in [4.69, 9.17) is 0 Å². The van der Waals surface area contributed by atoms with E-state index in [0.717, 1.165) is 23.6 Å². The second-order valence-corrected chi connectivity index (χ2v) is 8.07. The van der Waals surface area contributed by atoms with Crippen LogP contribution in [0.25, 0.3) is 0 Å². The molecule has 4 aliphatic carbocycles. The van der Waals surface area contributed by atoms with Crippen LogP contribution in [0.5, 0.6) is 0 Å². The van der Waals surface area contributed by atoms with Gasteiger partial charge in [-0.15, -0.1) is 0 Å². The van der Waals surface area contributed by atoms with Gasteiger partial charge >= 0.3 is 6.18 Å². The van der Waals surface area contributed by atoms with Crippen LogP contribution in [0.4, 0.5) is 13.2 Å². The van der Waals surface area contributed by atoms with E-state index < -0.39 is 29.5 Å². The molecule has 5 nitrogen and oxygen atoms in total. The summed E-state index contributed by atoms with van der Waals surface area (Å²) in [5.41, 5.74) is 1.94. The Morgan fingerprint density at radius 1 is 1.00 bits per heavy atom. The van der Waals surface area contributed by atoms with Crippen molar-refractivity contribution >= 4 is 17.7 Å². The van der Waals surface area contributed by atoms with Gasteiger partial charge in [0.1, 0.15) is 0 Å². The largest absolute Gasteiger partial charge is 0.416 e. The standard InChI is InChI=1S/C20H17F3N2O3/c21-20(22,23)10-3-1-9(2-4-10)7-15(26)24-25-18(27)16-11-5-6-12(14-8-13(11)14)17(16)19(25)28/h1-6,11-14,16-17H,7-8H2,(H,24,26)/t11?,12?,13?,14?,16-,17+. The van der Waals surface area contributed by atoms with Crippen LogP contribution in [-0.2, 0) is 27.0 Å². The first-order valence-corrected chi connectivity index (χ1v) is 9.27. The van der Waals surface area contributed by atoms with E-state index in [1.807, 2.05) is 12.2 Å². The van der Waals surface area contributed by atoms with E-state index in [0.29, 0.717) is 17.4 Å². The third-order valence-corrected chi connectivity index (χ3v) is 6.55. The highest BCUT2D eigenvalue weighted by Crippen LogP contribution is 2.65. The number of nitrogens with one attached hydrogen (secondary N) is 1. The Hall–Kier alpha value is -2.64. The Morgan fingerprint density at radius 3 is 2.04 bits per heavy atom. The third-order valence-electron chi connectivity index (χ3n) is 6.55. The van der Waals surface area contributed by atoms with Crippen LogP contribution in [0, 0.1) is 35.5 Å². The highest BCUT2D eigenvalue weighted by atomic mass is 19.4. The number of hydrogen-bond acceptors (Lipinski definition) is 3. The maximum Gasteiger partial charge on any atom is 0.416 e. The molecule has 3 amide bonds. The number of hydrogen-bond donors (Lipinski definition) is 1. The number of amides is 3. The quantitative estimate of drug-likeness (QED) is 0.636. The van der Waals surface area contributed by atoms with Gasteiger partial charge in [0.2, 0.25) is 5.91 Å². The molecule has 0 spiro atoms. The van der Waals surface area contributed by atoms with Crippen LogP contribution in [0.1, 0.15) is 17.5 Å². The van der Waals surface area contributed by atoms with Gasteiger partial charge in [0.25, 0.3) is 11.8 Å². The molecule has 8 heteroatoms. The minimum Gasteiger partial charge on any atom is -0.273 e. The molecule has 2 saturated carbocycles. The zero-order valence-corrected chi connectivity index (χ0v) is 14.6. The Morgan fingerprint density at radius 2 is 1.54 bits per heavy atom. The summed E-state index contributed by atoms with van der Waals surface area (Å²) < 4.78 is 37.9. The van der Waals surface area contributed by atoms with Gasteiger partial charge in [0.05, 0.1) is 23.8 Å². The van der Waals surface area contributed by atoms with Crippen LogP contribution >= 0.6 is 0 Å². The summed E-state index contributed by atoms with van der Waals surface area (Å²) in [6, 6.07) is 4.24. The number of carbonyl (C=O) groups excluding carboxylic acids is 3. The first-order valence-electron chi connectivity index (χ1n) is 9.27. The van der Waals surface area contributed by atoms with Crippen LogP contribution in [0.3, 0.4) is 0 Å². The van der Waals surface area contributed by atoms with E-state index in [-0.39, 0.29) is 30.1 Å². The van der Waals surface area contributed by atoms with Crippen LogP contribution in [0.2, 0.25) is 0 Å². The molecule has 1 aromatic rings. The number of imide groups is 1. The predicted molar refractivity (Wildman–Crippen MR) is 89.8 cm³/mol. The van der Waals surface area contributed by atoms with Gasteiger partial charge in [0.15, 0.2) is 0 Å². The fraction of sp³-hybridized carbons (Fsp3) is 0.450. The molecule has 0 radical (unpaired) electrons. The van der Waals surface area contributed by atoms with Gasteiger partial charge < -0.3 is 0 Å². The number of rotatable bonds is 3. The Kier molecular flexibility index (Phi) is 3.54. The molecule has 1 saturated heterocycles. The van der Waals surface area contributed by atoms with Crippen molar-refractivity contribution in [1.29, 1.82) is 0 Å². The Bertz CT molecular complexity index is 872. The molecule has 6 atom stereocenters. The molecule has 1 aromatic carbocycles. The monoisotopic (exact) mass is 390 g/mol. The summed E-state index contributed by atoms with van der Waals surface area (Å²) in [6.45, 7) is 0. The lowest BCUT2D eigenvalue weighted by atomic mass is 9.63. The molecular formula is C20H17F3N2O3. The first-order chi connectivity index (χ1) is 13.3. The SMILES string of the molecule is O=C(Cc1ccc(C(F)(F)F)cc1)NN1C(=O)[C@@H]2C3C=CC(C4CC43)[C@@H]2C1=O. The van der Waals surface area contributed by atoms with E-state index in [1.54, 1.807) is 0 Å². The molecule has 4 unspecified atom stereocenters. The molecular weight excluding hydrogens is 373 g/mol. The Balaban J connectivity index is 1.27. The Labute approximate surface area is 158 Å². The molecule has 5 aliphatic rings. The zero-order valence-electron chi connectivity index (χ0n) is 14.6. The second kappa shape index (κ2) is 5.68. The average molecular weight is 390 g/mol. The molecule has 28 heavy (non-hydrogen) atoms. The van der Waals surface area contributed by atoms with E-state index in [2.05, 4.69) is 5.43 Å². The van der Waals surface area contributed by atoms with Crippen LogP contribution in [-0.4, -0.2) is 22.7 Å². The fourth-order valence-electron chi connectivity index (χ4n) is 5.23. The van der Waals surface area contributed by atoms with Crippen molar-refractivity contribution in [3.05, 3.63) is 47.5 Å². The summed E-state index contributed by atoms with van der Waals surface area (Å²) in [7, 11) is 0. The average Bonchev–Trinajstić information content (AvgIpc) is 3.43. The molecule has 1 aliphatic heterocycles. The minimum absolute atomic E-state index is 0.0632. The van der Waals surface area contributed by atoms with Gasteiger partial charge in [-0.05, 0) is 47.8 Å². The number of nitrogens with zero attached hydrogens (tertiary/aromatic N) is 1. The molecule has 0 aromatic heterocycles. The van der Waals surface area contributed by atoms with E-state index in [1.165, 1.54) is 12.1 Å². The van der Waals surface area contributed by atoms with E-state index in [9.17, 15) is 27.6 Å². The number of allylic oxidation sites excluding steroid dienone is 2. The number of benzene rings is 1. The van der Waals surface area contributed by atoms with Crippen molar-refractivity contribution in [2.24, 2.45) is 35.5 Å². The minimum atomic E-state index is -4.44. The number of carbonyl (C=O) groups is 3. The number of alkyl halides is 3. The number of hydrazine groups is 1. The lowest BCUT2D eigenvalue weighted by Crippen LogP contribution is -2.47. The fourth-order valence-corrected chi connectivity index (χ4v) is 5.23. The maximum absolute atomic E-state index is 12.8. The lowest BCUT2D eigenvalue weighted by Gasteiger charge is -2.37. The highest BCUT2D eigenvalue weighted by molar-refractivity contribution is 6.07. The lowest BCUT2D eigenvalue weighted by molar-refractivity contribution is -0.149. The second-order valence-electron chi connectivity index (χ2n) is 8.07.